The molecule has 2 aromatic rings. The van der Waals surface area contributed by atoms with E-state index in [4.69, 9.17) is 0 Å². The fourth-order valence-corrected chi connectivity index (χ4v) is 3.46. The first kappa shape index (κ1) is 13.3. The van der Waals surface area contributed by atoms with E-state index in [0.717, 1.165) is 24.4 Å². The summed E-state index contributed by atoms with van der Waals surface area (Å²) in [6.07, 6.45) is 11.0. The standard InChI is InChI=1S/C14H18N4OS/c19-13(4-8-17-9-5-15-11-17)18-7-2-1-3-12(18)14-16-6-10-20-14/h5-6,9-12H,1-4,7-8H2/t12-/m1/s1. The van der Waals surface area contributed by atoms with Crippen molar-refractivity contribution < 1.29 is 4.79 Å². The second-order valence-corrected chi connectivity index (χ2v) is 5.95. The second-order valence-electron chi connectivity index (χ2n) is 5.02. The van der Waals surface area contributed by atoms with Gasteiger partial charge in [-0.2, -0.15) is 0 Å². The molecule has 3 rings (SSSR count). The molecule has 0 aliphatic carbocycles. The third-order valence-corrected chi connectivity index (χ3v) is 4.58. The van der Waals surface area contributed by atoms with Crippen molar-refractivity contribution in [2.24, 2.45) is 0 Å². The number of likely N-dealkylation sites (tertiary alicyclic amines) is 1. The Kier molecular flexibility index (Phi) is 4.11. The van der Waals surface area contributed by atoms with Crippen molar-refractivity contribution in [2.45, 2.75) is 38.3 Å². The van der Waals surface area contributed by atoms with Gasteiger partial charge in [0, 0.05) is 43.5 Å². The molecule has 0 unspecified atom stereocenters. The number of piperidine rings is 1. The summed E-state index contributed by atoms with van der Waals surface area (Å²) in [7, 11) is 0. The van der Waals surface area contributed by atoms with Gasteiger partial charge in [0.1, 0.15) is 5.01 Å². The molecule has 1 amide bonds. The van der Waals surface area contributed by atoms with E-state index in [9.17, 15) is 4.79 Å². The number of aromatic nitrogens is 3. The van der Waals surface area contributed by atoms with Crippen molar-refractivity contribution in [2.75, 3.05) is 6.54 Å². The fraction of sp³-hybridized carbons (Fsp3) is 0.500. The van der Waals surface area contributed by atoms with E-state index in [1.807, 2.05) is 27.2 Å². The molecule has 0 N–H and O–H groups in total. The second kappa shape index (κ2) is 6.17. The van der Waals surface area contributed by atoms with Crippen LogP contribution in [-0.2, 0) is 11.3 Å². The summed E-state index contributed by atoms with van der Waals surface area (Å²) >= 11 is 1.65. The zero-order valence-electron chi connectivity index (χ0n) is 11.3. The molecular formula is C14H18N4OS. The van der Waals surface area contributed by atoms with E-state index in [1.54, 1.807) is 23.9 Å². The maximum atomic E-state index is 12.5. The van der Waals surface area contributed by atoms with Crippen LogP contribution in [0.1, 0.15) is 36.7 Å². The highest BCUT2D eigenvalue weighted by atomic mass is 32.1. The Hall–Kier alpha value is -1.69. The maximum Gasteiger partial charge on any atom is 0.224 e. The summed E-state index contributed by atoms with van der Waals surface area (Å²) < 4.78 is 1.94. The van der Waals surface area contributed by atoms with Crippen LogP contribution in [0.25, 0.3) is 0 Å². The summed E-state index contributed by atoms with van der Waals surface area (Å²) in [5, 5.41) is 3.05. The SMILES string of the molecule is O=C(CCn1ccnc1)N1CCCC[C@@H]1c1nccs1. The van der Waals surface area contributed by atoms with Crippen LogP contribution in [0.5, 0.6) is 0 Å². The number of imidazole rings is 1. The highest BCUT2D eigenvalue weighted by Crippen LogP contribution is 2.32. The summed E-state index contributed by atoms with van der Waals surface area (Å²) in [4.78, 5) is 22.9. The van der Waals surface area contributed by atoms with Crippen LogP contribution < -0.4 is 0 Å². The van der Waals surface area contributed by atoms with Gasteiger partial charge in [-0.05, 0) is 19.3 Å². The van der Waals surface area contributed by atoms with Crippen LogP contribution in [-0.4, -0.2) is 31.9 Å². The topological polar surface area (TPSA) is 51.0 Å². The molecule has 106 valence electrons. The Morgan fingerprint density at radius 3 is 3.10 bits per heavy atom. The van der Waals surface area contributed by atoms with Gasteiger partial charge in [0.25, 0.3) is 0 Å². The van der Waals surface area contributed by atoms with Crippen LogP contribution in [0, 0.1) is 0 Å². The smallest absolute Gasteiger partial charge is 0.224 e. The van der Waals surface area contributed by atoms with Crippen molar-refractivity contribution >= 4 is 17.2 Å². The minimum absolute atomic E-state index is 0.180. The van der Waals surface area contributed by atoms with E-state index in [2.05, 4.69) is 9.97 Å². The molecule has 0 saturated carbocycles. The first-order valence-corrected chi connectivity index (χ1v) is 7.87. The van der Waals surface area contributed by atoms with Crippen molar-refractivity contribution in [3.05, 3.63) is 35.3 Å². The van der Waals surface area contributed by atoms with Crippen LogP contribution in [0.2, 0.25) is 0 Å². The van der Waals surface area contributed by atoms with Gasteiger partial charge in [-0.3, -0.25) is 4.79 Å². The molecule has 1 fully saturated rings. The van der Waals surface area contributed by atoms with E-state index in [0.29, 0.717) is 13.0 Å². The van der Waals surface area contributed by atoms with E-state index >= 15 is 0 Å². The van der Waals surface area contributed by atoms with Crippen LogP contribution in [0.15, 0.2) is 30.3 Å². The van der Waals surface area contributed by atoms with Crippen LogP contribution in [0.4, 0.5) is 0 Å². The molecule has 1 atom stereocenters. The van der Waals surface area contributed by atoms with E-state index < -0.39 is 0 Å². The number of hydrogen-bond donors (Lipinski definition) is 0. The van der Waals surface area contributed by atoms with Crippen molar-refractivity contribution in [1.82, 2.24) is 19.4 Å². The molecule has 1 aliphatic rings. The Morgan fingerprint density at radius 2 is 2.35 bits per heavy atom. The lowest BCUT2D eigenvalue weighted by molar-refractivity contribution is -0.135. The number of amides is 1. The molecule has 0 radical (unpaired) electrons. The van der Waals surface area contributed by atoms with E-state index in [1.165, 1.54) is 6.42 Å². The minimum atomic E-state index is 0.180. The normalized spacial score (nSPS) is 19.2. The molecule has 6 heteroatoms. The van der Waals surface area contributed by atoms with Crippen LogP contribution >= 0.6 is 11.3 Å². The third kappa shape index (κ3) is 2.90. The van der Waals surface area contributed by atoms with Crippen molar-refractivity contribution in [3.8, 4) is 0 Å². The third-order valence-electron chi connectivity index (χ3n) is 3.70. The lowest BCUT2D eigenvalue weighted by Gasteiger charge is -2.34. The Bertz CT molecular complexity index is 538. The summed E-state index contributed by atoms with van der Waals surface area (Å²) in [5.74, 6) is 0.221. The highest BCUT2D eigenvalue weighted by Gasteiger charge is 2.29. The lowest BCUT2D eigenvalue weighted by atomic mass is 10.0. The average molecular weight is 290 g/mol. The van der Waals surface area contributed by atoms with Gasteiger partial charge < -0.3 is 9.47 Å². The lowest BCUT2D eigenvalue weighted by Crippen LogP contribution is -2.38. The Morgan fingerprint density at radius 1 is 1.40 bits per heavy atom. The molecule has 20 heavy (non-hydrogen) atoms. The molecule has 2 aromatic heterocycles. The molecule has 3 heterocycles. The number of carbonyl (C=O) groups excluding carboxylic acids is 1. The van der Waals surface area contributed by atoms with Gasteiger partial charge in [-0.1, -0.05) is 0 Å². The van der Waals surface area contributed by atoms with Gasteiger partial charge in [-0.25, -0.2) is 9.97 Å². The summed E-state index contributed by atoms with van der Waals surface area (Å²) in [6, 6.07) is 0.180. The number of hydrogen-bond acceptors (Lipinski definition) is 4. The monoisotopic (exact) mass is 290 g/mol. The molecule has 1 saturated heterocycles. The predicted octanol–water partition coefficient (Wildman–Crippen LogP) is 2.48. The van der Waals surface area contributed by atoms with Gasteiger partial charge >= 0.3 is 0 Å². The molecule has 0 spiro atoms. The molecular weight excluding hydrogens is 272 g/mol. The number of aryl methyl sites for hydroxylation is 1. The summed E-state index contributed by atoms with van der Waals surface area (Å²) in [5.41, 5.74) is 0. The zero-order valence-corrected chi connectivity index (χ0v) is 12.1. The number of thiazole rings is 1. The van der Waals surface area contributed by atoms with Gasteiger partial charge in [0.2, 0.25) is 5.91 Å². The van der Waals surface area contributed by atoms with Crippen molar-refractivity contribution in [1.29, 1.82) is 0 Å². The number of carbonyl (C=O) groups is 1. The molecule has 0 bridgehead atoms. The number of nitrogens with zero attached hydrogens (tertiary/aromatic N) is 4. The average Bonchev–Trinajstić information content (AvgIpc) is 3.18. The van der Waals surface area contributed by atoms with Crippen molar-refractivity contribution in [3.63, 3.8) is 0 Å². The first-order valence-electron chi connectivity index (χ1n) is 6.99. The van der Waals surface area contributed by atoms with Gasteiger partial charge in [0.05, 0.1) is 12.4 Å². The largest absolute Gasteiger partial charge is 0.337 e. The molecule has 5 nitrogen and oxygen atoms in total. The zero-order chi connectivity index (χ0) is 13.8. The Labute approximate surface area is 122 Å². The van der Waals surface area contributed by atoms with E-state index in [-0.39, 0.29) is 11.9 Å². The highest BCUT2D eigenvalue weighted by molar-refractivity contribution is 7.09. The number of rotatable bonds is 4. The fourth-order valence-electron chi connectivity index (χ4n) is 2.67. The maximum absolute atomic E-state index is 12.5. The first-order chi connectivity index (χ1) is 9.84. The minimum Gasteiger partial charge on any atom is -0.337 e. The van der Waals surface area contributed by atoms with Gasteiger partial charge in [-0.15, -0.1) is 11.3 Å². The van der Waals surface area contributed by atoms with Gasteiger partial charge in [0.15, 0.2) is 0 Å². The van der Waals surface area contributed by atoms with Crippen LogP contribution in [0.3, 0.4) is 0 Å². The predicted molar refractivity (Wildman–Crippen MR) is 77.3 cm³/mol. The summed E-state index contributed by atoms with van der Waals surface area (Å²) in [6.45, 7) is 1.55. The molecule has 0 aromatic carbocycles. The Balaban J connectivity index is 1.65. The molecule has 1 aliphatic heterocycles. The quantitative estimate of drug-likeness (QED) is 0.869.